The Morgan fingerprint density at radius 3 is 3.00 bits per heavy atom. The zero-order valence-corrected chi connectivity index (χ0v) is 8.21. The minimum atomic E-state index is 0.0229. The summed E-state index contributed by atoms with van der Waals surface area (Å²) in [5, 5.41) is 2.81. The standard InChI is InChI=1S/C9H17N3O/c1-6-3-9(10)12-5-8(6)4-11-7(2)13/h6,8H,3-5H2,1-2H3,(H2,10,12)(H,11,13)/t6-,8-/m0/s1. The molecule has 13 heavy (non-hydrogen) atoms. The Balaban J connectivity index is 2.39. The Labute approximate surface area is 78.6 Å². The summed E-state index contributed by atoms with van der Waals surface area (Å²) in [4.78, 5) is 14.9. The molecule has 0 aromatic rings. The Hall–Kier alpha value is -1.06. The van der Waals surface area contributed by atoms with Gasteiger partial charge in [-0.1, -0.05) is 6.92 Å². The summed E-state index contributed by atoms with van der Waals surface area (Å²) in [6.45, 7) is 5.14. The number of carbonyl (C=O) groups excluding carboxylic acids is 1. The smallest absolute Gasteiger partial charge is 0.216 e. The molecule has 4 heteroatoms. The summed E-state index contributed by atoms with van der Waals surface area (Å²) in [5.74, 6) is 1.72. The van der Waals surface area contributed by atoms with Crippen LogP contribution < -0.4 is 11.1 Å². The highest BCUT2D eigenvalue weighted by Crippen LogP contribution is 2.19. The van der Waals surface area contributed by atoms with Gasteiger partial charge in [-0.2, -0.15) is 0 Å². The average molecular weight is 183 g/mol. The van der Waals surface area contributed by atoms with Crippen LogP contribution in [0.25, 0.3) is 0 Å². The molecule has 74 valence electrons. The highest BCUT2D eigenvalue weighted by Gasteiger charge is 2.21. The number of hydrogen-bond acceptors (Lipinski definition) is 3. The van der Waals surface area contributed by atoms with Crippen LogP contribution in [0.15, 0.2) is 4.99 Å². The van der Waals surface area contributed by atoms with E-state index < -0.39 is 0 Å². The second-order valence-corrected chi connectivity index (χ2v) is 3.71. The van der Waals surface area contributed by atoms with E-state index in [1.807, 2.05) is 0 Å². The molecule has 0 aromatic heterocycles. The number of amides is 1. The molecule has 0 aliphatic carbocycles. The maximum absolute atomic E-state index is 10.7. The number of nitrogens with one attached hydrogen (secondary N) is 1. The molecule has 0 radical (unpaired) electrons. The maximum Gasteiger partial charge on any atom is 0.216 e. The number of rotatable bonds is 2. The second kappa shape index (κ2) is 4.25. The molecule has 0 spiro atoms. The number of amidine groups is 1. The van der Waals surface area contributed by atoms with E-state index in [1.165, 1.54) is 6.92 Å². The molecule has 0 aromatic carbocycles. The highest BCUT2D eigenvalue weighted by molar-refractivity contribution is 5.81. The van der Waals surface area contributed by atoms with Crippen molar-refractivity contribution in [3.8, 4) is 0 Å². The first-order chi connectivity index (χ1) is 6.09. The van der Waals surface area contributed by atoms with Crippen molar-refractivity contribution in [3.05, 3.63) is 0 Å². The van der Waals surface area contributed by atoms with Gasteiger partial charge in [0.15, 0.2) is 0 Å². The van der Waals surface area contributed by atoms with Crippen molar-refractivity contribution in [2.45, 2.75) is 20.3 Å². The zero-order valence-electron chi connectivity index (χ0n) is 8.21. The van der Waals surface area contributed by atoms with Crippen molar-refractivity contribution in [3.63, 3.8) is 0 Å². The lowest BCUT2D eigenvalue weighted by molar-refractivity contribution is -0.119. The van der Waals surface area contributed by atoms with Crippen LogP contribution in [0.1, 0.15) is 20.3 Å². The van der Waals surface area contributed by atoms with Crippen molar-refractivity contribution in [1.29, 1.82) is 0 Å². The predicted octanol–water partition coefficient (Wildman–Crippen LogP) is 0.136. The van der Waals surface area contributed by atoms with Crippen LogP contribution in [0.2, 0.25) is 0 Å². The highest BCUT2D eigenvalue weighted by atomic mass is 16.1. The van der Waals surface area contributed by atoms with E-state index in [4.69, 9.17) is 5.73 Å². The molecule has 0 saturated heterocycles. The summed E-state index contributed by atoms with van der Waals surface area (Å²) in [6, 6.07) is 0. The number of nitrogens with two attached hydrogens (primary N) is 1. The van der Waals surface area contributed by atoms with Gasteiger partial charge in [-0.15, -0.1) is 0 Å². The van der Waals surface area contributed by atoms with E-state index in [9.17, 15) is 4.79 Å². The zero-order chi connectivity index (χ0) is 9.84. The molecule has 4 nitrogen and oxygen atoms in total. The van der Waals surface area contributed by atoms with Gasteiger partial charge in [0.1, 0.15) is 0 Å². The molecule has 0 unspecified atom stereocenters. The summed E-state index contributed by atoms with van der Waals surface area (Å²) >= 11 is 0. The normalized spacial score (nSPS) is 28.0. The number of aliphatic imine (C=N–C) groups is 1. The Kier molecular flexibility index (Phi) is 3.28. The molecule has 1 rings (SSSR count). The fourth-order valence-corrected chi connectivity index (χ4v) is 1.52. The average Bonchev–Trinajstić information content (AvgIpc) is 2.02. The van der Waals surface area contributed by atoms with Crippen LogP contribution in [0.5, 0.6) is 0 Å². The van der Waals surface area contributed by atoms with Crippen LogP contribution in [0.4, 0.5) is 0 Å². The van der Waals surface area contributed by atoms with Crippen LogP contribution in [0, 0.1) is 11.8 Å². The van der Waals surface area contributed by atoms with E-state index in [0.29, 0.717) is 18.4 Å². The van der Waals surface area contributed by atoms with Crippen LogP contribution >= 0.6 is 0 Å². The lowest BCUT2D eigenvalue weighted by atomic mass is 9.88. The fraction of sp³-hybridized carbons (Fsp3) is 0.778. The van der Waals surface area contributed by atoms with Crippen molar-refractivity contribution in [2.24, 2.45) is 22.6 Å². The predicted molar refractivity (Wildman–Crippen MR) is 52.4 cm³/mol. The van der Waals surface area contributed by atoms with Gasteiger partial charge in [0.25, 0.3) is 0 Å². The molecule has 1 aliphatic rings. The summed E-state index contributed by atoms with van der Waals surface area (Å²) in [6.07, 6.45) is 0.851. The van der Waals surface area contributed by atoms with Gasteiger partial charge in [-0.25, -0.2) is 0 Å². The van der Waals surface area contributed by atoms with Gasteiger partial charge in [0.05, 0.1) is 5.84 Å². The maximum atomic E-state index is 10.7. The summed E-state index contributed by atoms with van der Waals surface area (Å²) in [5.41, 5.74) is 5.61. The molecule has 2 atom stereocenters. The van der Waals surface area contributed by atoms with E-state index in [1.54, 1.807) is 0 Å². The van der Waals surface area contributed by atoms with Crippen LogP contribution in [-0.4, -0.2) is 24.8 Å². The number of nitrogens with zero attached hydrogens (tertiary/aromatic N) is 1. The van der Waals surface area contributed by atoms with Gasteiger partial charge in [0.2, 0.25) is 5.91 Å². The largest absolute Gasteiger partial charge is 0.387 e. The molecule has 0 fully saturated rings. The third-order valence-electron chi connectivity index (χ3n) is 2.48. The number of hydrogen-bond donors (Lipinski definition) is 2. The molecular formula is C9H17N3O. The monoisotopic (exact) mass is 183 g/mol. The van der Waals surface area contributed by atoms with E-state index in [0.717, 1.165) is 18.8 Å². The van der Waals surface area contributed by atoms with Crippen molar-refractivity contribution in [2.75, 3.05) is 13.1 Å². The van der Waals surface area contributed by atoms with E-state index in [-0.39, 0.29) is 5.91 Å². The van der Waals surface area contributed by atoms with E-state index >= 15 is 0 Å². The Bertz CT molecular complexity index is 225. The van der Waals surface area contributed by atoms with Gasteiger partial charge in [0, 0.05) is 26.4 Å². The first-order valence-corrected chi connectivity index (χ1v) is 4.63. The quantitative estimate of drug-likeness (QED) is 0.639. The minimum Gasteiger partial charge on any atom is -0.387 e. The summed E-state index contributed by atoms with van der Waals surface area (Å²) in [7, 11) is 0. The van der Waals surface area contributed by atoms with Crippen molar-refractivity contribution in [1.82, 2.24) is 5.32 Å². The molecule has 1 aliphatic heterocycles. The first-order valence-electron chi connectivity index (χ1n) is 4.63. The van der Waals surface area contributed by atoms with Crippen LogP contribution in [0.3, 0.4) is 0 Å². The van der Waals surface area contributed by atoms with Gasteiger partial charge in [-0.05, 0) is 11.8 Å². The van der Waals surface area contributed by atoms with Crippen molar-refractivity contribution >= 4 is 11.7 Å². The third kappa shape index (κ3) is 3.05. The van der Waals surface area contributed by atoms with Crippen LogP contribution in [-0.2, 0) is 4.79 Å². The molecule has 3 N–H and O–H groups in total. The molecule has 0 bridgehead atoms. The topological polar surface area (TPSA) is 67.5 Å². The molecular weight excluding hydrogens is 166 g/mol. The Morgan fingerprint density at radius 2 is 2.46 bits per heavy atom. The van der Waals surface area contributed by atoms with Gasteiger partial charge < -0.3 is 11.1 Å². The third-order valence-corrected chi connectivity index (χ3v) is 2.48. The minimum absolute atomic E-state index is 0.0229. The molecule has 0 saturated carbocycles. The fourth-order valence-electron chi connectivity index (χ4n) is 1.52. The summed E-state index contributed by atoms with van der Waals surface area (Å²) < 4.78 is 0. The SMILES string of the molecule is CC(=O)NC[C@H]1CN=C(N)C[C@@H]1C. The Morgan fingerprint density at radius 1 is 1.77 bits per heavy atom. The molecule has 1 amide bonds. The molecule has 1 heterocycles. The number of carbonyl (C=O) groups is 1. The lowest BCUT2D eigenvalue weighted by Crippen LogP contribution is -2.36. The van der Waals surface area contributed by atoms with Gasteiger partial charge >= 0.3 is 0 Å². The van der Waals surface area contributed by atoms with Crippen molar-refractivity contribution < 1.29 is 4.79 Å². The first kappa shape index (κ1) is 10.0. The van der Waals surface area contributed by atoms with Gasteiger partial charge in [-0.3, -0.25) is 9.79 Å². The van der Waals surface area contributed by atoms with E-state index in [2.05, 4.69) is 17.2 Å². The lowest BCUT2D eigenvalue weighted by Gasteiger charge is -2.26. The second-order valence-electron chi connectivity index (χ2n) is 3.71.